The maximum Gasteiger partial charge on any atom is 0.145 e. The summed E-state index contributed by atoms with van der Waals surface area (Å²) in [5.41, 5.74) is 14.1. The summed E-state index contributed by atoms with van der Waals surface area (Å²) in [4.78, 5) is 2.42. The predicted octanol–water partition coefficient (Wildman–Crippen LogP) is 18.3. The fraction of sp³-hybridized carbons (Fsp3) is 0. The minimum absolute atomic E-state index is 0.859. The van der Waals surface area contributed by atoms with Crippen LogP contribution in [0.2, 0.25) is 0 Å². The molecule has 0 N–H and O–H groups in total. The number of nitrogens with zero attached hydrogens (tertiary/aromatic N) is 1. The zero-order valence-electron chi connectivity index (χ0n) is 36.0. The van der Waals surface area contributed by atoms with E-state index in [1.54, 1.807) is 0 Å². The van der Waals surface area contributed by atoms with Crippen molar-refractivity contribution in [1.82, 2.24) is 0 Å². The number of furan rings is 1. The predicted molar refractivity (Wildman–Crippen MR) is 280 cm³/mol. The molecule has 0 aliphatic heterocycles. The molecular formula is C64H41NO. The van der Waals surface area contributed by atoms with Gasteiger partial charge in [-0.3, -0.25) is 0 Å². The van der Waals surface area contributed by atoms with Gasteiger partial charge in [0.05, 0.1) is 11.1 Å². The molecule has 308 valence electrons. The number of benzene rings is 12. The highest BCUT2D eigenvalue weighted by Crippen LogP contribution is 2.48. The van der Waals surface area contributed by atoms with Crippen LogP contribution in [0.4, 0.5) is 17.1 Å². The zero-order chi connectivity index (χ0) is 43.6. The fourth-order valence-electron chi connectivity index (χ4n) is 10.3. The molecule has 1 heterocycles. The molecule has 0 spiro atoms. The van der Waals surface area contributed by atoms with Gasteiger partial charge in [0, 0.05) is 22.3 Å². The van der Waals surface area contributed by atoms with Crippen LogP contribution in [0.5, 0.6) is 0 Å². The van der Waals surface area contributed by atoms with Crippen LogP contribution in [0.15, 0.2) is 253 Å². The first-order chi connectivity index (χ1) is 32.7. The van der Waals surface area contributed by atoms with Crippen LogP contribution in [0, 0.1) is 0 Å². The molecular weight excluding hydrogens is 799 g/mol. The van der Waals surface area contributed by atoms with Crippen molar-refractivity contribution in [3.8, 4) is 44.5 Å². The van der Waals surface area contributed by atoms with Crippen molar-refractivity contribution < 1.29 is 4.42 Å². The maximum atomic E-state index is 6.93. The molecule has 0 radical (unpaired) electrons. The van der Waals surface area contributed by atoms with E-state index in [2.05, 4.69) is 254 Å². The zero-order valence-corrected chi connectivity index (χ0v) is 36.0. The second kappa shape index (κ2) is 15.5. The fourth-order valence-corrected chi connectivity index (χ4v) is 10.3. The van der Waals surface area contributed by atoms with E-state index in [0.717, 1.165) is 66.8 Å². The molecule has 0 fully saturated rings. The topological polar surface area (TPSA) is 16.4 Å². The Hall–Kier alpha value is -8.72. The molecule has 0 bridgehead atoms. The Balaban J connectivity index is 1.03. The summed E-state index contributed by atoms with van der Waals surface area (Å²) in [5.74, 6) is 0. The van der Waals surface area contributed by atoms with Crippen LogP contribution in [0.1, 0.15) is 0 Å². The number of fused-ring (bicyclic) bond motifs is 10. The highest BCUT2D eigenvalue weighted by atomic mass is 16.3. The Kier molecular flexibility index (Phi) is 8.89. The quantitative estimate of drug-likeness (QED) is 0.149. The monoisotopic (exact) mass is 839 g/mol. The number of anilines is 3. The summed E-state index contributed by atoms with van der Waals surface area (Å²) in [7, 11) is 0. The summed E-state index contributed by atoms with van der Waals surface area (Å²) in [6.45, 7) is 0. The van der Waals surface area contributed by atoms with Gasteiger partial charge in [0.1, 0.15) is 11.2 Å². The first-order valence-corrected chi connectivity index (χ1v) is 22.7. The van der Waals surface area contributed by atoms with Crippen molar-refractivity contribution in [3.63, 3.8) is 0 Å². The molecule has 2 nitrogen and oxygen atoms in total. The standard InChI is InChI=1S/C64H41NO/c1-2-15-42(16-3-1)45-19-12-20-46(37-45)47-21-13-23-51(39-47)65(61-36-35-53(50-32-31-43-17-4-5-18-44(43)38-50)64-63(61)59-29-10-11-30-62(59)66-64)52-24-14-22-48(40-52)49-33-34-58-56-27-7-6-25-54(56)55-26-8-9-28-57(55)60(58)41-49/h1-41H. The molecule has 0 aliphatic carbocycles. The van der Waals surface area contributed by atoms with Crippen molar-refractivity contribution in [1.29, 1.82) is 0 Å². The van der Waals surface area contributed by atoms with E-state index in [-0.39, 0.29) is 0 Å². The summed E-state index contributed by atoms with van der Waals surface area (Å²) >= 11 is 0. The molecule has 0 amide bonds. The van der Waals surface area contributed by atoms with Crippen LogP contribution in [0.25, 0.3) is 110 Å². The molecule has 2 heteroatoms. The first-order valence-electron chi connectivity index (χ1n) is 22.7. The summed E-state index contributed by atoms with van der Waals surface area (Å²) in [6.07, 6.45) is 0. The van der Waals surface area contributed by atoms with Gasteiger partial charge >= 0.3 is 0 Å². The van der Waals surface area contributed by atoms with Crippen LogP contribution in [-0.2, 0) is 0 Å². The van der Waals surface area contributed by atoms with Gasteiger partial charge in [-0.1, -0.05) is 188 Å². The minimum Gasteiger partial charge on any atom is -0.455 e. The lowest BCUT2D eigenvalue weighted by Gasteiger charge is -2.28. The third-order valence-corrected chi connectivity index (χ3v) is 13.4. The maximum absolute atomic E-state index is 6.93. The van der Waals surface area contributed by atoms with E-state index < -0.39 is 0 Å². The molecule has 13 aromatic rings. The van der Waals surface area contributed by atoms with E-state index in [1.165, 1.54) is 59.8 Å². The van der Waals surface area contributed by atoms with E-state index in [0.29, 0.717) is 0 Å². The molecule has 0 saturated heterocycles. The lowest BCUT2D eigenvalue weighted by Crippen LogP contribution is -2.11. The second-order valence-corrected chi connectivity index (χ2v) is 17.2. The van der Waals surface area contributed by atoms with Crippen molar-refractivity contribution in [3.05, 3.63) is 249 Å². The van der Waals surface area contributed by atoms with Gasteiger partial charge in [-0.05, 0) is 143 Å². The molecule has 66 heavy (non-hydrogen) atoms. The number of hydrogen-bond acceptors (Lipinski definition) is 2. The van der Waals surface area contributed by atoms with Crippen molar-refractivity contribution in [2.75, 3.05) is 4.90 Å². The lowest BCUT2D eigenvalue weighted by atomic mass is 9.92. The van der Waals surface area contributed by atoms with Gasteiger partial charge < -0.3 is 9.32 Å². The highest BCUT2D eigenvalue weighted by Gasteiger charge is 2.23. The number of para-hydroxylation sites is 1. The Labute approximate surface area is 382 Å². The molecule has 0 aliphatic rings. The van der Waals surface area contributed by atoms with Crippen LogP contribution in [0.3, 0.4) is 0 Å². The second-order valence-electron chi connectivity index (χ2n) is 17.2. The van der Waals surface area contributed by atoms with E-state index in [4.69, 9.17) is 4.42 Å². The van der Waals surface area contributed by atoms with Gasteiger partial charge in [-0.25, -0.2) is 0 Å². The van der Waals surface area contributed by atoms with Crippen LogP contribution < -0.4 is 4.90 Å². The Morgan fingerprint density at radius 1 is 0.273 bits per heavy atom. The first kappa shape index (κ1) is 37.8. The van der Waals surface area contributed by atoms with Crippen molar-refractivity contribution >= 4 is 82.1 Å². The highest BCUT2D eigenvalue weighted by molar-refractivity contribution is 6.26. The number of hydrogen-bond donors (Lipinski definition) is 0. The van der Waals surface area contributed by atoms with E-state index in [1.807, 2.05) is 0 Å². The molecule has 0 atom stereocenters. The third kappa shape index (κ3) is 6.34. The summed E-state index contributed by atoms with van der Waals surface area (Å²) in [6, 6.07) is 90.2. The molecule has 0 saturated carbocycles. The minimum atomic E-state index is 0.859. The average molecular weight is 840 g/mol. The molecule has 12 aromatic carbocycles. The molecule has 1 aromatic heterocycles. The Morgan fingerprint density at radius 3 is 1.47 bits per heavy atom. The SMILES string of the molecule is c1ccc(-c2cccc(-c3cccc(N(c4cccc(-c5ccc6c7ccccc7c7ccccc7c6c5)c4)c4ccc(-c5ccc6ccccc6c5)c5oc6ccccc6c45)c3)c2)cc1. The van der Waals surface area contributed by atoms with Crippen molar-refractivity contribution in [2.45, 2.75) is 0 Å². The Bertz CT molecular complexity index is 3980. The Morgan fingerprint density at radius 2 is 0.773 bits per heavy atom. The van der Waals surface area contributed by atoms with Gasteiger partial charge in [0.15, 0.2) is 0 Å². The molecule has 13 rings (SSSR count). The van der Waals surface area contributed by atoms with E-state index in [9.17, 15) is 0 Å². The van der Waals surface area contributed by atoms with Crippen LogP contribution in [-0.4, -0.2) is 0 Å². The largest absolute Gasteiger partial charge is 0.455 e. The normalized spacial score (nSPS) is 11.6. The van der Waals surface area contributed by atoms with Crippen molar-refractivity contribution in [2.24, 2.45) is 0 Å². The van der Waals surface area contributed by atoms with E-state index >= 15 is 0 Å². The van der Waals surface area contributed by atoms with Crippen LogP contribution >= 0.6 is 0 Å². The van der Waals surface area contributed by atoms with Gasteiger partial charge in [0.2, 0.25) is 0 Å². The summed E-state index contributed by atoms with van der Waals surface area (Å²) in [5, 5.41) is 12.2. The average Bonchev–Trinajstić information content (AvgIpc) is 3.79. The summed E-state index contributed by atoms with van der Waals surface area (Å²) < 4.78 is 6.93. The van der Waals surface area contributed by atoms with Gasteiger partial charge in [-0.2, -0.15) is 0 Å². The van der Waals surface area contributed by atoms with Gasteiger partial charge in [0.25, 0.3) is 0 Å². The molecule has 0 unspecified atom stereocenters. The number of rotatable bonds is 7. The third-order valence-electron chi connectivity index (χ3n) is 13.4. The smallest absolute Gasteiger partial charge is 0.145 e. The van der Waals surface area contributed by atoms with Gasteiger partial charge in [-0.15, -0.1) is 0 Å². The lowest BCUT2D eigenvalue weighted by molar-refractivity contribution is 0.670.